The van der Waals surface area contributed by atoms with E-state index in [1.807, 2.05) is 48.5 Å². The van der Waals surface area contributed by atoms with E-state index in [-0.39, 0.29) is 0 Å². The molecule has 0 aliphatic rings. The molecule has 21 heavy (non-hydrogen) atoms. The van der Waals surface area contributed by atoms with E-state index in [1.54, 1.807) is 0 Å². The van der Waals surface area contributed by atoms with Gasteiger partial charge in [-0.15, -0.1) is 10.2 Å². The predicted octanol–water partition coefficient (Wildman–Crippen LogP) is 4.54. The van der Waals surface area contributed by atoms with E-state index in [1.165, 1.54) is 17.3 Å². The lowest BCUT2D eigenvalue weighted by Crippen LogP contribution is -1.75. The lowest BCUT2D eigenvalue weighted by molar-refractivity contribution is 0.466. The van der Waals surface area contributed by atoms with E-state index < -0.39 is 0 Å². The Hall–Kier alpha value is -2.33. The molecule has 0 atom stereocenters. The van der Waals surface area contributed by atoms with Crippen molar-refractivity contribution in [1.82, 2.24) is 10.2 Å². The molecule has 0 aliphatic heterocycles. The zero-order chi connectivity index (χ0) is 14.3. The van der Waals surface area contributed by atoms with Crippen molar-refractivity contribution in [3.8, 4) is 11.5 Å². The van der Waals surface area contributed by atoms with E-state index in [0.29, 0.717) is 11.1 Å². The van der Waals surface area contributed by atoms with E-state index in [0.717, 1.165) is 11.3 Å². The number of hydrogen-bond donors (Lipinski definition) is 0. The average Bonchev–Trinajstić information content (AvgIpc) is 3.02. The zero-order valence-electron chi connectivity index (χ0n) is 11.3. The highest BCUT2D eigenvalue weighted by Gasteiger charge is 2.07. The molecule has 3 aromatic rings. The highest BCUT2D eigenvalue weighted by molar-refractivity contribution is 7.99. The minimum atomic E-state index is 0.560. The van der Waals surface area contributed by atoms with Crippen LogP contribution in [-0.4, -0.2) is 16.0 Å². The van der Waals surface area contributed by atoms with Gasteiger partial charge in [0.25, 0.3) is 5.22 Å². The van der Waals surface area contributed by atoms with Gasteiger partial charge in [-0.3, -0.25) is 0 Å². The molecule has 0 spiro atoms. The quantitative estimate of drug-likeness (QED) is 0.647. The summed E-state index contributed by atoms with van der Waals surface area (Å²) in [5.74, 6) is 1.36. The fourth-order valence-corrected chi connectivity index (χ4v) is 2.40. The Bertz CT molecular complexity index is 708. The van der Waals surface area contributed by atoms with Crippen molar-refractivity contribution >= 4 is 17.8 Å². The molecular formula is C17H14N2OS. The van der Waals surface area contributed by atoms with Crippen LogP contribution in [0.25, 0.3) is 17.5 Å². The summed E-state index contributed by atoms with van der Waals surface area (Å²) in [6.45, 7) is 0. The van der Waals surface area contributed by atoms with Crippen LogP contribution in [0.15, 0.2) is 76.4 Å². The molecule has 0 radical (unpaired) electrons. The minimum Gasteiger partial charge on any atom is -0.411 e. The fraction of sp³-hybridized carbons (Fsp3) is 0.0588. The normalized spacial score (nSPS) is 11.0. The Morgan fingerprint density at radius 3 is 2.38 bits per heavy atom. The van der Waals surface area contributed by atoms with Crippen LogP contribution in [0.1, 0.15) is 5.56 Å². The molecule has 0 bridgehead atoms. The molecule has 0 saturated heterocycles. The van der Waals surface area contributed by atoms with Crippen LogP contribution in [-0.2, 0) is 0 Å². The Balaban J connectivity index is 1.57. The Kier molecular flexibility index (Phi) is 4.49. The molecular weight excluding hydrogens is 280 g/mol. The van der Waals surface area contributed by atoms with Gasteiger partial charge < -0.3 is 4.42 Å². The number of nitrogens with zero attached hydrogens (tertiary/aromatic N) is 2. The van der Waals surface area contributed by atoms with Crippen molar-refractivity contribution < 1.29 is 4.42 Å². The summed E-state index contributed by atoms with van der Waals surface area (Å²) >= 11 is 1.53. The first-order chi connectivity index (χ1) is 10.4. The maximum Gasteiger partial charge on any atom is 0.277 e. The summed E-state index contributed by atoms with van der Waals surface area (Å²) in [6.07, 6.45) is 4.17. The molecule has 0 N–H and O–H groups in total. The maximum atomic E-state index is 5.63. The molecule has 104 valence electrons. The van der Waals surface area contributed by atoms with Crippen molar-refractivity contribution in [3.63, 3.8) is 0 Å². The average molecular weight is 294 g/mol. The topological polar surface area (TPSA) is 38.9 Å². The van der Waals surface area contributed by atoms with Gasteiger partial charge >= 0.3 is 0 Å². The number of aromatic nitrogens is 2. The first kappa shape index (κ1) is 13.6. The van der Waals surface area contributed by atoms with Gasteiger partial charge in [-0.25, -0.2) is 0 Å². The molecule has 0 amide bonds. The van der Waals surface area contributed by atoms with Crippen LogP contribution in [0.3, 0.4) is 0 Å². The third-order valence-electron chi connectivity index (χ3n) is 2.84. The van der Waals surface area contributed by atoms with Crippen LogP contribution in [0, 0.1) is 0 Å². The summed E-state index contributed by atoms with van der Waals surface area (Å²) in [5, 5.41) is 8.70. The lowest BCUT2D eigenvalue weighted by atomic mass is 10.2. The van der Waals surface area contributed by atoms with E-state index in [9.17, 15) is 0 Å². The van der Waals surface area contributed by atoms with Crippen molar-refractivity contribution in [3.05, 3.63) is 72.3 Å². The second-order valence-corrected chi connectivity index (χ2v) is 5.33. The van der Waals surface area contributed by atoms with Crippen LogP contribution < -0.4 is 0 Å². The lowest BCUT2D eigenvalue weighted by Gasteiger charge is -1.93. The second kappa shape index (κ2) is 6.90. The standard InChI is InChI=1S/C17H14N2OS/c1-3-8-14(9-4-1)10-7-13-21-17-19-18-16(20-17)15-11-5-2-6-12-15/h1-12H,13H2. The third kappa shape index (κ3) is 3.83. The van der Waals surface area contributed by atoms with Crippen LogP contribution in [0.2, 0.25) is 0 Å². The largest absolute Gasteiger partial charge is 0.411 e. The molecule has 3 nitrogen and oxygen atoms in total. The summed E-state index contributed by atoms with van der Waals surface area (Å²) in [4.78, 5) is 0. The van der Waals surface area contributed by atoms with Gasteiger partial charge in [-0.05, 0) is 17.7 Å². The van der Waals surface area contributed by atoms with Gasteiger partial charge in [0.1, 0.15) is 0 Å². The Morgan fingerprint density at radius 1 is 0.905 bits per heavy atom. The monoisotopic (exact) mass is 294 g/mol. The molecule has 0 unspecified atom stereocenters. The summed E-state index contributed by atoms with van der Waals surface area (Å²) in [6, 6.07) is 20.0. The smallest absolute Gasteiger partial charge is 0.277 e. The predicted molar refractivity (Wildman–Crippen MR) is 85.9 cm³/mol. The molecule has 2 aromatic carbocycles. The number of hydrogen-bond acceptors (Lipinski definition) is 4. The first-order valence-electron chi connectivity index (χ1n) is 6.65. The highest BCUT2D eigenvalue weighted by atomic mass is 32.2. The van der Waals surface area contributed by atoms with Crippen molar-refractivity contribution in [1.29, 1.82) is 0 Å². The van der Waals surface area contributed by atoms with Gasteiger partial charge in [0.05, 0.1) is 0 Å². The SMILES string of the molecule is C(=Cc1ccccc1)CSc1nnc(-c2ccccc2)o1. The molecule has 1 aromatic heterocycles. The minimum absolute atomic E-state index is 0.560. The van der Waals surface area contributed by atoms with Gasteiger partial charge in [0.15, 0.2) is 0 Å². The molecule has 0 saturated carbocycles. The third-order valence-corrected chi connectivity index (χ3v) is 3.61. The van der Waals surface area contributed by atoms with E-state index >= 15 is 0 Å². The molecule has 0 fully saturated rings. The Labute approximate surface area is 127 Å². The van der Waals surface area contributed by atoms with Gasteiger partial charge in [0, 0.05) is 11.3 Å². The summed E-state index contributed by atoms with van der Waals surface area (Å²) in [5.41, 5.74) is 2.13. The second-order valence-electron chi connectivity index (χ2n) is 4.36. The van der Waals surface area contributed by atoms with Gasteiger partial charge in [-0.2, -0.15) is 0 Å². The van der Waals surface area contributed by atoms with Crippen molar-refractivity contribution in [2.75, 3.05) is 5.75 Å². The summed E-state index contributed by atoms with van der Waals surface area (Å²) < 4.78 is 5.63. The molecule has 4 heteroatoms. The Morgan fingerprint density at radius 2 is 1.62 bits per heavy atom. The number of rotatable bonds is 5. The maximum absolute atomic E-state index is 5.63. The highest BCUT2D eigenvalue weighted by Crippen LogP contribution is 2.22. The zero-order valence-corrected chi connectivity index (χ0v) is 12.2. The number of benzene rings is 2. The van der Waals surface area contributed by atoms with Crippen LogP contribution in [0.5, 0.6) is 0 Å². The van der Waals surface area contributed by atoms with E-state index in [4.69, 9.17) is 4.42 Å². The first-order valence-corrected chi connectivity index (χ1v) is 7.64. The van der Waals surface area contributed by atoms with Gasteiger partial charge in [-0.1, -0.05) is 72.4 Å². The molecule has 3 rings (SSSR count). The van der Waals surface area contributed by atoms with Gasteiger partial charge in [0.2, 0.25) is 5.89 Å². The molecule has 0 aliphatic carbocycles. The van der Waals surface area contributed by atoms with Crippen molar-refractivity contribution in [2.45, 2.75) is 5.22 Å². The number of thioether (sulfide) groups is 1. The molecule has 1 heterocycles. The summed E-state index contributed by atoms with van der Waals surface area (Å²) in [7, 11) is 0. The van der Waals surface area contributed by atoms with E-state index in [2.05, 4.69) is 34.5 Å². The fourth-order valence-electron chi connectivity index (χ4n) is 1.83. The van der Waals surface area contributed by atoms with Crippen LogP contribution >= 0.6 is 11.8 Å². The van der Waals surface area contributed by atoms with Crippen molar-refractivity contribution in [2.24, 2.45) is 0 Å². The van der Waals surface area contributed by atoms with Crippen LogP contribution in [0.4, 0.5) is 0 Å².